The lowest BCUT2D eigenvalue weighted by Crippen LogP contribution is -2.46. The summed E-state index contributed by atoms with van der Waals surface area (Å²) in [5.41, 5.74) is 2.38. The molecule has 6 heteroatoms. The van der Waals surface area contributed by atoms with Crippen molar-refractivity contribution in [2.75, 3.05) is 24.5 Å². The van der Waals surface area contributed by atoms with Crippen molar-refractivity contribution in [1.29, 1.82) is 0 Å². The summed E-state index contributed by atoms with van der Waals surface area (Å²) in [6.45, 7) is 5.49. The SMILES string of the molecule is CC1Cc2ccccc2N1C(=O)CN1CCCC(Cn2cncn2)C1. The Bertz CT molecular complexity index is 729. The summed E-state index contributed by atoms with van der Waals surface area (Å²) in [6.07, 6.45) is 6.63. The highest BCUT2D eigenvalue weighted by molar-refractivity contribution is 5.97. The molecule has 0 N–H and O–H groups in total. The van der Waals surface area contributed by atoms with Gasteiger partial charge in [0.05, 0.1) is 6.54 Å². The van der Waals surface area contributed by atoms with E-state index in [1.165, 1.54) is 12.0 Å². The predicted molar refractivity (Wildman–Crippen MR) is 96.3 cm³/mol. The van der Waals surface area contributed by atoms with Crippen LogP contribution in [0.15, 0.2) is 36.9 Å². The quantitative estimate of drug-likeness (QED) is 0.855. The molecule has 2 aromatic rings. The van der Waals surface area contributed by atoms with Crippen molar-refractivity contribution in [2.45, 2.75) is 38.8 Å². The zero-order valence-corrected chi connectivity index (χ0v) is 14.7. The Morgan fingerprint density at radius 1 is 1.32 bits per heavy atom. The minimum atomic E-state index is 0.221. The molecule has 0 bridgehead atoms. The van der Waals surface area contributed by atoms with E-state index in [-0.39, 0.29) is 11.9 Å². The monoisotopic (exact) mass is 339 g/mol. The Morgan fingerprint density at radius 3 is 3.04 bits per heavy atom. The molecule has 6 nitrogen and oxygen atoms in total. The molecule has 2 unspecified atom stereocenters. The zero-order chi connectivity index (χ0) is 17.2. The van der Waals surface area contributed by atoms with Crippen molar-refractivity contribution in [3.8, 4) is 0 Å². The number of aromatic nitrogens is 3. The summed E-state index contributed by atoms with van der Waals surface area (Å²) in [6, 6.07) is 8.53. The van der Waals surface area contributed by atoms with E-state index >= 15 is 0 Å². The number of anilines is 1. The molecular formula is C19H25N5O. The van der Waals surface area contributed by atoms with Gasteiger partial charge in [-0.1, -0.05) is 18.2 Å². The van der Waals surface area contributed by atoms with Gasteiger partial charge in [-0.05, 0) is 50.3 Å². The van der Waals surface area contributed by atoms with E-state index in [0.717, 1.165) is 38.2 Å². The summed E-state index contributed by atoms with van der Waals surface area (Å²) >= 11 is 0. The highest BCUT2D eigenvalue weighted by atomic mass is 16.2. The van der Waals surface area contributed by atoms with Gasteiger partial charge in [0.1, 0.15) is 12.7 Å². The maximum absolute atomic E-state index is 13.0. The Hall–Kier alpha value is -2.21. The van der Waals surface area contributed by atoms with Gasteiger partial charge in [0.25, 0.3) is 0 Å². The maximum atomic E-state index is 13.0. The van der Waals surface area contributed by atoms with Crippen LogP contribution in [0.3, 0.4) is 0 Å². The second-order valence-corrected chi connectivity index (χ2v) is 7.31. The zero-order valence-electron chi connectivity index (χ0n) is 14.7. The fraction of sp³-hybridized carbons (Fsp3) is 0.526. The van der Waals surface area contributed by atoms with E-state index in [1.807, 2.05) is 15.6 Å². The summed E-state index contributed by atoms with van der Waals surface area (Å²) in [4.78, 5) is 21.3. The predicted octanol–water partition coefficient (Wildman–Crippen LogP) is 1.97. The lowest BCUT2D eigenvalue weighted by Gasteiger charge is -2.34. The summed E-state index contributed by atoms with van der Waals surface area (Å²) < 4.78 is 1.90. The highest BCUT2D eigenvalue weighted by Crippen LogP contribution is 2.32. The third kappa shape index (κ3) is 3.44. The van der Waals surface area contributed by atoms with E-state index in [4.69, 9.17) is 0 Å². The number of piperidine rings is 1. The van der Waals surface area contributed by atoms with Gasteiger partial charge < -0.3 is 4.90 Å². The fourth-order valence-corrected chi connectivity index (χ4v) is 4.25. The number of rotatable bonds is 4. The molecule has 3 heterocycles. The van der Waals surface area contributed by atoms with Gasteiger partial charge in [0.15, 0.2) is 0 Å². The number of carbonyl (C=O) groups excluding carboxylic acids is 1. The van der Waals surface area contributed by atoms with Gasteiger partial charge in [-0.15, -0.1) is 0 Å². The minimum absolute atomic E-state index is 0.221. The average molecular weight is 339 g/mol. The van der Waals surface area contributed by atoms with Crippen molar-refractivity contribution < 1.29 is 4.79 Å². The van der Waals surface area contributed by atoms with E-state index in [1.54, 1.807) is 12.7 Å². The largest absolute Gasteiger partial charge is 0.308 e. The van der Waals surface area contributed by atoms with Crippen LogP contribution >= 0.6 is 0 Å². The molecule has 2 atom stereocenters. The van der Waals surface area contributed by atoms with Gasteiger partial charge in [0, 0.05) is 24.8 Å². The number of nitrogens with zero attached hydrogens (tertiary/aromatic N) is 5. The van der Waals surface area contributed by atoms with Crippen LogP contribution in [-0.2, 0) is 17.8 Å². The Balaban J connectivity index is 1.39. The summed E-state index contributed by atoms with van der Waals surface area (Å²) in [5.74, 6) is 0.755. The molecule has 1 fully saturated rings. The van der Waals surface area contributed by atoms with Crippen LogP contribution in [0.2, 0.25) is 0 Å². The van der Waals surface area contributed by atoms with Gasteiger partial charge in [-0.3, -0.25) is 14.4 Å². The van der Waals surface area contributed by atoms with Gasteiger partial charge in [-0.2, -0.15) is 5.10 Å². The number of amides is 1. The Morgan fingerprint density at radius 2 is 2.20 bits per heavy atom. The number of hydrogen-bond acceptors (Lipinski definition) is 4. The number of carbonyl (C=O) groups is 1. The molecule has 0 aliphatic carbocycles. The molecule has 1 aromatic heterocycles. The van der Waals surface area contributed by atoms with Crippen LogP contribution in [0.1, 0.15) is 25.3 Å². The lowest BCUT2D eigenvalue weighted by atomic mass is 9.98. The minimum Gasteiger partial charge on any atom is -0.308 e. The number of hydrogen-bond donors (Lipinski definition) is 0. The lowest BCUT2D eigenvalue weighted by molar-refractivity contribution is -0.120. The third-order valence-corrected chi connectivity index (χ3v) is 5.35. The average Bonchev–Trinajstić information content (AvgIpc) is 3.21. The van der Waals surface area contributed by atoms with Crippen molar-refractivity contribution in [3.05, 3.63) is 42.5 Å². The summed E-state index contributed by atoms with van der Waals surface area (Å²) in [5, 5.41) is 4.21. The highest BCUT2D eigenvalue weighted by Gasteiger charge is 2.32. The van der Waals surface area contributed by atoms with Crippen molar-refractivity contribution in [2.24, 2.45) is 5.92 Å². The Kier molecular flexibility index (Phi) is 4.53. The van der Waals surface area contributed by atoms with Gasteiger partial charge in [-0.25, -0.2) is 4.98 Å². The van der Waals surface area contributed by atoms with Crippen molar-refractivity contribution >= 4 is 11.6 Å². The van der Waals surface area contributed by atoms with Crippen LogP contribution in [0.25, 0.3) is 0 Å². The molecule has 1 saturated heterocycles. The third-order valence-electron chi connectivity index (χ3n) is 5.35. The molecule has 132 valence electrons. The summed E-state index contributed by atoms with van der Waals surface area (Å²) in [7, 11) is 0. The first-order chi connectivity index (χ1) is 12.2. The molecule has 0 spiro atoms. The molecule has 1 amide bonds. The van der Waals surface area contributed by atoms with E-state index < -0.39 is 0 Å². The molecule has 4 rings (SSSR count). The molecule has 2 aliphatic rings. The smallest absolute Gasteiger partial charge is 0.241 e. The second-order valence-electron chi connectivity index (χ2n) is 7.31. The first kappa shape index (κ1) is 16.3. The Labute approximate surface area is 148 Å². The van der Waals surface area contributed by atoms with Crippen LogP contribution in [0.4, 0.5) is 5.69 Å². The number of para-hydroxylation sites is 1. The normalized spacial score (nSPS) is 23.6. The van der Waals surface area contributed by atoms with Gasteiger partial charge >= 0.3 is 0 Å². The number of benzene rings is 1. The maximum Gasteiger partial charge on any atom is 0.241 e. The fourth-order valence-electron chi connectivity index (χ4n) is 4.25. The standard InChI is InChI=1S/C19H25N5O/c1-15-9-17-6-2-3-7-18(17)24(15)19(25)12-22-8-4-5-16(10-22)11-23-14-20-13-21-23/h2-3,6-7,13-16H,4-5,8-12H2,1H3. The first-order valence-electron chi connectivity index (χ1n) is 9.15. The van der Waals surface area contributed by atoms with E-state index in [9.17, 15) is 4.79 Å². The van der Waals surface area contributed by atoms with Crippen molar-refractivity contribution in [1.82, 2.24) is 19.7 Å². The molecule has 2 aliphatic heterocycles. The van der Waals surface area contributed by atoms with E-state index in [2.05, 4.69) is 40.1 Å². The molecule has 25 heavy (non-hydrogen) atoms. The molecule has 1 aromatic carbocycles. The van der Waals surface area contributed by atoms with Crippen LogP contribution < -0.4 is 4.90 Å². The van der Waals surface area contributed by atoms with Crippen LogP contribution in [-0.4, -0.2) is 51.2 Å². The van der Waals surface area contributed by atoms with Crippen LogP contribution in [0.5, 0.6) is 0 Å². The van der Waals surface area contributed by atoms with Gasteiger partial charge in [0.2, 0.25) is 5.91 Å². The topological polar surface area (TPSA) is 54.3 Å². The van der Waals surface area contributed by atoms with E-state index in [0.29, 0.717) is 12.5 Å². The number of fused-ring (bicyclic) bond motifs is 1. The van der Waals surface area contributed by atoms with Crippen LogP contribution in [0, 0.1) is 5.92 Å². The molecular weight excluding hydrogens is 314 g/mol. The molecule has 0 saturated carbocycles. The second kappa shape index (κ2) is 6.96. The molecule has 0 radical (unpaired) electrons. The van der Waals surface area contributed by atoms with Crippen molar-refractivity contribution in [3.63, 3.8) is 0 Å². The first-order valence-corrected chi connectivity index (χ1v) is 9.15. The number of likely N-dealkylation sites (tertiary alicyclic amines) is 1.